The van der Waals surface area contributed by atoms with Crippen molar-refractivity contribution in [3.63, 3.8) is 0 Å². The van der Waals surface area contributed by atoms with Crippen molar-refractivity contribution in [3.05, 3.63) is 102 Å². The molecule has 0 saturated carbocycles. The Bertz CT molecular complexity index is 716. The van der Waals surface area contributed by atoms with Crippen LogP contribution in [0.3, 0.4) is 0 Å². The first-order chi connectivity index (χ1) is 12.0. The molecule has 0 nitrogen and oxygen atoms in total. The van der Waals surface area contributed by atoms with E-state index in [4.69, 9.17) is 0 Å². The van der Waals surface area contributed by atoms with Gasteiger partial charge in [0.1, 0.15) is 0 Å². The van der Waals surface area contributed by atoms with E-state index in [-0.39, 0.29) is 5.41 Å². The number of benzene rings is 3. The van der Waals surface area contributed by atoms with Crippen molar-refractivity contribution in [1.29, 1.82) is 0 Å². The Morgan fingerprint density at radius 1 is 0.560 bits per heavy atom. The number of hydrogen-bond donors (Lipinski definition) is 0. The van der Waals surface area contributed by atoms with Crippen LogP contribution in [0.15, 0.2) is 102 Å². The van der Waals surface area contributed by atoms with Crippen LogP contribution in [0.5, 0.6) is 0 Å². The van der Waals surface area contributed by atoms with Crippen LogP contribution in [0.4, 0.5) is 0 Å². The topological polar surface area (TPSA) is 0 Å². The van der Waals surface area contributed by atoms with E-state index in [9.17, 15) is 0 Å². The van der Waals surface area contributed by atoms with Crippen LogP contribution in [-0.4, -0.2) is 13.3 Å². The average Bonchev–Trinajstić information content (AvgIpc) is 2.64. The predicted molar refractivity (Wildman–Crippen MR) is 113 cm³/mol. The fourth-order valence-corrected chi connectivity index (χ4v) is 12.7. The third-order valence-electron chi connectivity index (χ3n) is 4.52. The monoisotopic (exact) mass is 388 g/mol. The summed E-state index contributed by atoms with van der Waals surface area (Å²) in [6.07, 6.45) is 2.42. The zero-order valence-electron chi connectivity index (χ0n) is 15.3. The molecule has 0 radical (unpaired) electrons. The van der Waals surface area contributed by atoms with E-state index in [2.05, 4.69) is 123 Å². The van der Waals surface area contributed by atoms with Gasteiger partial charge in [0.15, 0.2) is 0 Å². The summed E-state index contributed by atoms with van der Waals surface area (Å²) < 4.78 is 4.42. The average molecular weight is 387 g/mol. The third-order valence-corrected chi connectivity index (χ3v) is 13.7. The van der Waals surface area contributed by atoms with Crippen molar-refractivity contribution in [2.75, 3.05) is 0 Å². The van der Waals surface area contributed by atoms with Crippen LogP contribution < -0.4 is 13.2 Å². The second-order valence-corrected chi connectivity index (χ2v) is 15.3. The molecule has 0 aliphatic carbocycles. The van der Waals surface area contributed by atoms with E-state index in [0.717, 1.165) is 0 Å². The Morgan fingerprint density at radius 2 is 0.880 bits per heavy atom. The first-order valence-electron chi connectivity index (χ1n) is 8.89. The van der Waals surface area contributed by atoms with Crippen LogP contribution in [0, 0.1) is 5.41 Å². The molecule has 126 valence electrons. The van der Waals surface area contributed by atoms with E-state index >= 15 is 0 Å². The molecule has 0 aromatic heterocycles. The van der Waals surface area contributed by atoms with Crippen molar-refractivity contribution in [1.82, 2.24) is 0 Å². The fraction of sp³-hybridized carbons (Fsp3) is 0.167. The number of allylic oxidation sites excluding steroid dienone is 1. The third kappa shape index (κ3) is 3.96. The van der Waals surface area contributed by atoms with Gasteiger partial charge in [-0.05, 0) is 0 Å². The van der Waals surface area contributed by atoms with Crippen molar-refractivity contribution in [2.24, 2.45) is 5.41 Å². The molecule has 1 heteroatoms. The minimum absolute atomic E-state index is 0.162. The van der Waals surface area contributed by atoms with Gasteiger partial charge in [-0.3, -0.25) is 0 Å². The summed E-state index contributed by atoms with van der Waals surface area (Å²) in [5, 5.41) is 0. The molecule has 0 N–H and O–H groups in total. The van der Waals surface area contributed by atoms with Crippen LogP contribution in [-0.2, 0) is 0 Å². The summed E-state index contributed by atoms with van der Waals surface area (Å²) in [6, 6.07) is 33.2. The van der Waals surface area contributed by atoms with Crippen LogP contribution in [0.1, 0.15) is 20.8 Å². The first-order valence-corrected chi connectivity index (χ1v) is 13.3. The Balaban J connectivity index is 2.34. The normalized spacial score (nSPS) is 12.4. The molecule has 0 saturated heterocycles. The van der Waals surface area contributed by atoms with E-state index < -0.39 is 13.3 Å². The minimum atomic E-state index is -2.89. The summed E-state index contributed by atoms with van der Waals surface area (Å²) >= 11 is -2.89. The van der Waals surface area contributed by atoms with Gasteiger partial charge in [-0.15, -0.1) is 0 Å². The summed E-state index contributed by atoms with van der Waals surface area (Å²) in [5.74, 6) is 0. The molecule has 0 bridgehead atoms. The Morgan fingerprint density at radius 3 is 1.16 bits per heavy atom. The van der Waals surface area contributed by atoms with Gasteiger partial charge in [0.2, 0.25) is 0 Å². The molecule has 0 fully saturated rings. The molecule has 0 unspecified atom stereocenters. The first kappa shape index (κ1) is 17.8. The maximum absolute atomic E-state index is 2.89. The quantitative estimate of drug-likeness (QED) is 0.586. The van der Waals surface area contributed by atoms with Crippen molar-refractivity contribution >= 4 is 26.5 Å². The molecular formula is C24H26Ge. The summed E-state index contributed by atoms with van der Waals surface area (Å²) in [7, 11) is 0. The standard InChI is InChI=1S/C24H26Ge/c1-24(2,3)19-20-25(21-13-7-4-8-14-21,22-15-9-5-10-16-22)23-17-11-6-12-18-23/h4-20H,1-3H3/b20-19+. The Labute approximate surface area is 154 Å². The maximum atomic E-state index is 2.57. The second kappa shape index (κ2) is 7.45. The number of rotatable bonds is 4. The molecule has 0 amide bonds. The summed E-state index contributed by atoms with van der Waals surface area (Å²) in [5.41, 5.74) is 0.162. The fourth-order valence-electron chi connectivity index (χ4n) is 3.27. The Kier molecular flexibility index (Phi) is 5.29. The van der Waals surface area contributed by atoms with Gasteiger partial charge in [0, 0.05) is 0 Å². The zero-order valence-corrected chi connectivity index (χ0v) is 17.4. The SMILES string of the molecule is CC(C)(C)/C=[CH]/[Ge]([c]1ccccc1)([c]1ccccc1)[c]1ccccc1. The summed E-state index contributed by atoms with van der Waals surface area (Å²) in [4.78, 5) is 2.57. The van der Waals surface area contributed by atoms with E-state index in [1.54, 1.807) is 0 Å². The van der Waals surface area contributed by atoms with Gasteiger partial charge in [-0.2, -0.15) is 0 Å². The predicted octanol–water partition coefficient (Wildman–Crippen LogP) is 4.30. The van der Waals surface area contributed by atoms with Gasteiger partial charge >= 0.3 is 155 Å². The van der Waals surface area contributed by atoms with Gasteiger partial charge in [0.25, 0.3) is 0 Å². The number of hydrogen-bond acceptors (Lipinski definition) is 0. The van der Waals surface area contributed by atoms with Crippen LogP contribution in [0.2, 0.25) is 0 Å². The molecule has 3 aromatic rings. The van der Waals surface area contributed by atoms with E-state index in [1.807, 2.05) is 0 Å². The van der Waals surface area contributed by atoms with Crippen LogP contribution >= 0.6 is 0 Å². The van der Waals surface area contributed by atoms with Gasteiger partial charge in [-0.25, -0.2) is 0 Å². The molecule has 3 aromatic carbocycles. The zero-order chi connectivity index (χ0) is 17.8. The van der Waals surface area contributed by atoms with Crippen molar-refractivity contribution < 1.29 is 0 Å². The molecule has 25 heavy (non-hydrogen) atoms. The molecular weight excluding hydrogens is 361 g/mol. The van der Waals surface area contributed by atoms with Crippen molar-refractivity contribution in [2.45, 2.75) is 20.8 Å². The van der Waals surface area contributed by atoms with E-state index in [1.165, 1.54) is 13.2 Å². The van der Waals surface area contributed by atoms with Crippen LogP contribution in [0.25, 0.3) is 0 Å². The second-order valence-electron chi connectivity index (χ2n) is 7.61. The molecule has 0 aliphatic heterocycles. The van der Waals surface area contributed by atoms with E-state index in [0.29, 0.717) is 0 Å². The molecule has 0 aliphatic rings. The Hall–Kier alpha value is -2.06. The van der Waals surface area contributed by atoms with Gasteiger partial charge in [-0.1, -0.05) is 0 Å². The molecule has 3 rings (SSSR count). The molecule has 0 atom stereocenters. The molecule has 0 spiro atoms. The summed E-state index contributed by atoms with van der Waals surface area (Å²) in [6.45, 7) is 6.83. The van der Waals surface area contributed by atoms with Crippen molar-refractivity contribution in [3.8, 4) is 0 Å². The van der Waals surface area contributed by atoms with Gasteiger partial charge in [0.05, 0.1) is 0 Å². The van der Waals surface area contributed by atoms with Gasteiger partial charge < -0.3 is 0 Å². The molecule has 0 heterocycles.